The molecule has 390 valence electrons. The van der Waals surface area contributed by atoms with Gasteiger partial charge in [0.05, 0.1) is 10.8 Å². The Hall–Kier alpha value is -7.19. The summed E-state index contributed by atoms with van der Waals surface area (Å²) in [6.45, 7) is -10.4. The normalized spacial score (nSPS) is 12.9. The van der Waals surface area contributed by atoms with Gasteiger partial charge in [-0.1, -0.05) is 72.8 Å². The second kappa shape index (κ2) is 20.3. The average Bonchev–Trinajstić information content (AvgIpc) is 4.10. The maximum absolute atomic E-state index is 14.9. The molecule has 0 fully saturated rings. The SMILES string of the molecule is FC(F)C(F)(F)COc1c(OCC(F)(F)C(F)F)c(OCC(F)(F)C(F)F)c2c3nc4nc(nc5[nH]c(nc6nc(nc([nH]3)c2c1OCC(F)(F)C(F)F)-c1ccccc1-6)c1ccccc51)-c1ccccc1-4.[OH][AlH2]. The Morgan fingerprint density at radius 2 is 0.622 bits per heavy atom. The van der Waals surface area contributed by atoms with Crippen LogP contribution < -0.4 is 18.9 Å². The molecule has 0 aliphatic carbocycles. The van der Waals surface area contributed by atoms with E-state index >= 15 is 0 Å². The highest BCUT2D eigenvalue weighted by Crippen LogP contribution is 2.55. The lowest BCUT2D eigenvalue weighted by Gasteiger charge is -2.26. The Balaban J connectivity index is 0.00000360. The number of H-pyrrole nitrogens is 2. The van der Waals surface area contributed by atoms with Gasteiger partial charge in [0.2, 0.25) is 11.5 Å². The molecule has 7 aromatic rings. The van der Waals surface area contributed by atoms with Crippen molar-refractivity contribution in [1.29, 1.82) is 0 Å². The van der Waals surface area contributed by atoms with E-state index in [0.717, 1.165) is 0 Å². The van der Waals surface area contributed by atoms with Gasteiger partial charge >= 0.3 is 66.0 Å². The molecule has 0 saturated heterocycles. The van der Waals surface area contributed by atoms with E-state index in [1.165, 1.54) is 36.4 Å². The number of aromatic amines is 2. The minimum Gasteiger partial charge on any atom is -0.521 e. The molecule has 5 heterocycles. The van der Waals surface area contributed by atoms with Crippen LogP contribution in [0.1, 0.15) is 0 Å². The fraction of sp³-hybridized carbons (Fsp3) is 0.273. The predicted octanol–water partition coefficient (Wildman–Crippen LogP) is 10.5. The molecule has 0 radical (unpaired) electrons. The molecule has 9 rings (SSSR count). The lowest BCUT2D eigenvalue weighted by Crippen LogP contribution is -2.36. The zero-order valence-electron chi connectivity index (χ0n) is 36.9. The molecule has 4 aromatic carbocycles. The standard InChI is InChI=1S/C44H26F16N8O4.Al.H2O.2H/c45-37(46)41(53,54)13-69-25-23-24(26(70-14-42(55,56)38(47)48)28(72-16-44(59,60)40(51)52)27(25)71-15-43(57,58)39(49)50)36-67-34-22-12-6-4-10-20(22)32(65-34)63-30-18-8-2-1-7-17(18)29(61-30)62-31-19-9-3-5-11-21(19)33(64-31)66-35(23)68-36;;;;/h1-12,37-40H,13-16H2,(H2,61,62,63,64,65,66,67,68);;1H2;;/q;+1;;;/p-1. The van der Waals surface area contributed by atoms with Gasteiger partial charge in [-0.15, -0.1) is 0 Å². The number of halogens is 16. The molecule has 30 heteroatoms. The van der Waals surface area contributed by atoms with Crippen molar-refractivity contribution in [2.75, 3.05) is 26.4 Å². The number of rotatable bonds is 16. The third kappa shape index (κ3) is 10.1. The number of nitrogens with one attached hydrogen (secondary N) is 2. The molecule has 0 spiro atoms. The number of fused-ring (bicyclic) bond motifs is 20. The van der Waals surface area contributed by atoms with Crippen molar-refractivity contribution in [3.63, 3.8) is 0 Å². The summed E-state index contributed by atoms with van der Waals surface area (Å²) in [5.74, 6) is -29.4. The van der Waals surface area contributed by atoms with Gasteiger partial charge in [-0.2, -0.15) is 35.1 Å². The first kappa shape index (κ1) is 53.1. The Morgan fingerprint density at radius 1 is 0.378 bits per heavy atom. The number of hydrogen-bond acceptors (Lipinski definition) is 11. The van der Waals surface area contributed by atoms with E-state index in [9.17, 15) is 70.2 Å². The summed E-state index contributed by atoms with van der Waals surface area (Å²) in [5, 5.41) is -1.28. The Morgan fingerprint density at radius 3 is 0.905 bits per heavy atom. The largest absolute Gasteiger partial charge is 0.521 e. The van der Waals surface area contributed by atoms with Gasteiger partial charge < -0.3 is 33.1 Å². The van der Waals surface area contributed by atoms with Crippen molar-refractivity contribution in [2.24, 2.45) is 0 Å². The van der Waals surface area contributed by atoms with Crippen molar-refractivity contribution in [3.8, 4) is 68.5 Å². The topological polar surface area (TPSA) is 166 Å². The van der Waals surface area contributed by atoms with E-state index in [1.807, 2.05) is 0 Å². The van der Waals surface area contributed by atoms with Gasteiger partial charge in [-0.05, 0) is 0 Å². The zero-order chi connectivity index (χ0) is 53.7. The summed E-state index contributed by atoms with van der Waals surface area (Å²) in [7, 11) is 0. The van der Waals surface area contributed by atoms with Crippen LogP contribution in [0.25, 0.3) is 89.7 Å². The van der Waals surface area contributed by atoms with Crippen LogP contribution >= 0.6 is 0 Å². The van der Waals surface area contributed by atoms with Crippen LogP contribution in [-0.2, 0) is 0 Å². The monoisotopic (exact) mass is 1080 g/mol. The maximum atomic E-state index is 14.9. The first-order chi connectivity index (χ1) is 35.0. The Labute approximate surface area is 410 Å². The van der Waals surface area contributed by atoms with Crippen LogP contribution in [0.4, 0.5) is 70.2 Å². The van der Waals surface area contributed by atoms with Crippen LogP contribution in [0.5, 0.6) is 23.0 Å². The smallest absolute Gasteiger partial charge is 0.407 e. The molecule has 2 aliphatic heterocycles. The Bertz CT molecular complexity index is 3200. The van der Waals surface area contributed by atoms with Crippen molar-refractivity contribution >= 4 is 60.8 Å². The van der Waals surface area contributed by atoms with E-state index < -0.39 is 133 Å². The quantitative estimate of drug-likeness (QED) is 0.0623. The number of benzene rings is 4. The number of nitrogens with zero attached hydrogens (tertiary/aromatic N) is 6. The van der Waals surface area contributed by atoms with Crippen LogP contribution in [0.2, 0.25) is 0 Å². The van der Waals surface area contributed by atoms with Crippen LogP contribution in [0, 0.1) is 0 Å². The first-order valence-corrected chi connectivity index (χ1v) is 21.8. The number of hydrogen-bond donors (Lipinski definition) is 3. The highest BCUT2D eigenvalue weighted by molar-refractivity contribution is 6.14. The van der Waals surface area contributed by atoms with Gasteiger partial charge in [-0.3, -0.25) is 0 Å². The third-order valence-corrected chi connectivity index (χ3v) is 10.7. The summed E-state index contributed by atoms with van der Waals surface area (Å²) in [6.07, 6.45) is -18.5. The molecule has 2 aliphatic rings. The molecule has 8 bridgehead atoms. The molecular weight excluding hydrogens is 1050 g/mol. The Kier molecular flexibility index (Phi) is 14.5. The fourth-order valence-electron chi connectivity index (χ4n) is 7.25. The van der Waals surface area contributed by atoms with E-state index in [0.29, 0.717) is 27.4 Å². The van der Waals surface area contributed by atoms with E-state index in [1.54, 1.807) is 36.4 Å². The summed E-state index contributed by atoms with van der Waals surface area (Å²) in [4.78, 5) is 32.9. The average molecular weight is 1080 g/mol. The predicted molar refractivity (Wildman–Crippen MR) is 233 cm³/mol. The molecule has 13 nitrogen and oxygen atoms in total. The highest BCUT2D eigenvalue weighted by Gasteiger charge is 2.48. The van der Waals surface area contributed by atoms with Gasteiger partial charge in [-0.25, -0.2) is 65.0 Å². The van der Waals surface area contributed by atoms with Crippen LogP contribution in [0.15, 0.2) is 72.8 Å². The molecule has 0 amide bonds. The molecular formula is C44H29AlF16N8O5. The summed E-state index contributed by atoms with van der Waals surface area (Å²) >= 11 is 0.306. The number of ether oxygens (including phenoxy) is 4. The van der Waals surface area contributed by atoms with E-state index in [4.69, 9.17) is 33.1 Å². The lowest BCUT2D eigenvalue weighted by atomic mass is 10.1. The van der Waals surface area contributed by atoms with E-state index in [-0.39, 0.29) is 45.2 Å². The third-order valence-electron chi connectivity index (χ3n) is 10.7. The second-order valence-electron chi connectivity index (χ2n) is 15.7. The molecule has 74 heavy (non-hydrogen) atoms. The van der Waals surface area contributed by atoms with Crippen molar-refractivity contribution < 1.29 is 93.4 Å². The summed E-state index contributed by atoms with van der Waals surface area (Å²) in [6, 6.07) is 18.6. The van der Waals surface area contributed by atoms with Crippen LogP contribution in [-0.4, -0.2) is 136 Å². The maximum Gasteiger partial charge on any atom is 0.407 e. The number of alkyl halides is 16. The second-order valence-corrected chi connectivity index (χ2v) is 15.7. The van der Waals surface area contributed by atoms with Gasteiger partial charge in [0.1, 0.15) is 22.6 Å². The molecule has 3 aromatic heterocycles. The van der Waals surface area contributed by atoms with Gasteiger partial charge in [0.15, 0.2) is 61.2 Å². The van der Waals surface area contributed by atoms with Gasteiger partial charge in [0, 0.05) is 33.0 Å². The van der Waals surface area contributed by atoms with Crippen molar-refractivity contribution in [3.05, 3.63) is 72.8 Å². The van der Waals surface area contributed by atoms with Crippen LogP contribution in [0.3, 0.4) is 0 Å². The summed E-state index contributed by atoms with van der Waals surface area (Å²) in [5.41, 5.74) is -0.826. The van der Waals surface area contributed by atoms with Crippen molar-refractivity contribution in [2.45, 2.75) is 49.4 Å². The summed E-state index contributed by atoms with van der Waals surface area (Å²) < 4.78 is 255. The minimum absolute atomic E-state index is 0.0949. The molecule has 3 N–H and O–H groups in total. The van der Waals surface area contributed by atoms with Crippen molar-refractivity contribution in [1.82, 2.24) is 39.9 Å². The lowest BCUT2D eigenvalue weighted by molar-refractivity contribution is -0.154. The minimum atomic E-state index is -5.32. The van der Waals surface area contributed by atoms with E-state index in [2.05, 4.69) is 29.9 Å². The highest BCUT2D eigenvalue weighted by atomic mass is 27.1. The van der Waals surface area contributed by atoms with Gasteiger partial charge in [0.25, 0.3) is 0 Å². The molecule has 0 unspecified atom stereocenters. The first-order valence-electron chi connectivity index (χ1n) is 20.9. The fourth-order valence-corrected chi connectivity index (χ4v) is 7.25. The zero-order valence-corrected chi connectivity index (χ0v) is 38.9. The number of aromatic nitrogens is 8. The molecule has 0 saturated carbocycles. The molecule has 0 atom stereocenters.